The van der Waals surface area contributed by atoms with E-state index in [0.717, 1.165) is 25.9 Å². The van der Waals surface area contributed by atoms with Crippen molar-refractivity contribution in [3.05, 3.63) is 34.9 Å². The zero-order valence-electron chi connectivity index (χ0n) is 9.30. The summed E-state index contributed by atoms with van der Waals surface area (Å²) in [4.78, 5) is 2.20. The Morgan fingerprint density at radius 2 is 2.20 bits per heavy atom. The number of hydrogen-bond donors (Lipinski definition) is 0. The number of alkyl halides is 1. The van der Waals surface area contributed by atoms with Crippen LogP contribution in [0.5, 0.6) is 0 Å². The van der Waals surface area contributed by atoms with Crippen molar-refractivity contribution in [3.8, 4) is 0 Å². The molecule has 0 fully saturated rings. The van der Waals surface area contributed by atoms with E-state index in [1.165, 1.54) is 16.7 Å². The van der Waals surface area contributed by atoms with Crippen LogP contribution in [0.4, 0.5) is 4.39 Å². The molecule has 0 radical (unpaired) electrons. The Kier molecular flexibility index (Phi) is 3.37. The summed E-state index contributed by atoms with van der Waals surface area (Å²) in [5, 5.41) is 0. The first-order valence-electron chi connectivity index (χ1n) is 5.72. The standard InChI is InChI=1S/C13H18FN/c1-2-11-3-4-12-5-7-15(8-6-14)10-13(12)9-11/h3-4,9H,2,5-8,10H2,1H3. The molecule has 0 amide bonds. The van der Waals surface area contributed by atoms with Gasteiger partial charge in [0, 0.05) is 19.6 Å². The number of nitrogens with zero attached hydrogens (tertiary/aromatic N) is 1. The van der Waals surface area contributed by atoms with E-state index >= 15 is 0 Å². The normalized spacial score (nSPS) is 16.4. The van der Waals surface area contributed by atoms with Gasteiger partial charge >= 0.3 is 0 Å². The number of aryl methyl sites for hydroxylation is 1. The molecule has 15 heavy (non-hydrogen) atoms. The first-order chi connectivity index (χ1) is 7.33. The highest BCUT2D eigenvalue weighted by molar-refractivity contribution is 5.33. The van der Waals surface area contributed by atoms with Gasteiger partial charge in [0.05, 0.1) is 0 Å². The first-order valence-corrected chi connectivity index (χ1v) is 5.72. The van der Waals surface area contributed by atoms with Gasteiger partial charge in [-0.3, -0.25) is 4.90 Å². The van der Waals surface area contributed by atoms with E-state index in [9.17, 15) is 4.39 Å². The molecule has 0 spiro atoms. The number of halogens is 1. The van der Waals surface area contributed by atoms with E-state index in [0.29, 0.717) is 6.54 Å². The zero-order chi connectivity index (χ0) is 10.7. The molecule has 82 valence electrons. The Bertz CT molecular complexity index is 335. The van der Waals surface area contributed by atoms with Crippen molar-refractivity contribution in [1.82, 2.24) is 4.90 Å². The predicted octanol–water partition coefficient (Wildman–Crippen LogP) is 2.58. The van der Waals surface area contributed by atoms with E-state index in [4.69, 9.17) is 0 Å². The summed E-state index contributed by atoms with van der Waals surface area (Å²) < 4.78 is 12.3. The minimum atomic E-state index is -0.233. The van der Waals surface area contributed by atoms with E-state index in [2.05, 4.69) is 30.0 Å². The topological polar surface area (TPSA) is 3.24 Å². The smallest absolute Gasteiger partial charge is 0.102 e. The van der Waals surface area contributed by atoms with E-state index < -0.39 is 0 Å². The molecule has 0 saturated carbocycles. The van der Waals surface area contributed by atoms with Crippen molar-refractivity contribution >= 4 is 0 Å². The summed E-state index contributed by atoms with van der Waals surface area (Å²) in [6.45, 7) is 4.44. The molecule has 1 nitrogen and oxygen atoms in total. The summed E-state index contributed by atoms with van der Waals surface area (Å²) in [6, 6.07) is 6.73. The quantitative estimate of drug-likeness (QED) is 0.736. The van der Waals surface area contributed by atoms with Crippen LogP contribution < -0.4 is 0 Å². The molecular weight excluding hydrogens is 189 g/mol. The Labute approximate surface area is 90.9 Å². The molecule has 0 N–H and O–H groups in total. The van der Waals surface area contributed by atoms with Gasteiger partial charge in [-0.25, -0.2) is 4.39 Å². The average Bonchev–Trinajstić information content (AvgIpc) is 2.28. The third-order valence-electron chi connectivity index (χ3n) is 3.17. The third kappa shape index (κ3) is 2.37. The lowest BCUT2D eigenvalue weighted by Crippen LogP contribution is -2.32. The number of fused-ring (bicyclic) bond motifs is 1. The van der Waals surface area contributed by atoms with Crippen molar-refractivity contribution in [2.75, 3.05) is 19.8 Å². The summed E-state index contributed by atoms with van der Waals surface area (Å²) in [7, 11) is 0. The van der Waals surface area contributed by atoms with Gasteiger partial charge in [0.2, 0.25) is 0 Å². The average molecular weight is 207 g/mol. The molecule has 1 heterocycles. The van der Waals surface area contributed by atoms with Gasteiger partial charge in [-0.05, 0) is 29.5 Å². The van der Waals surface area contributed by atoms with Gasteiger partial charge in [-0.2, -0.15) is 0 Å². The second kappa shape index (κ2) is 4.75. The highest BCUT2D eigenvalue weighted by Gasteiger charge is 2.15. The third-order valence-corrected chi connectivity index (χ3v) is 3.17. The van der Waals surface area contributed by atoms with Gasteiger partial charge in [-0.15, -0.1) is 0 Å². The molecule has 2 heteroatoms. The molecule has 1 aliphatic rings. The van der Waals surface area contributed by atoms with Gasteiger partial charge in [0.25, 0.3) is 0 Å². The van der Waals surface area contributed by atoms with E-state index in [-0.39, 0.29) is 6.67 Å². The number of rotatable bonds is 3. The molecule has 1 aliphatic heterocycles. The van der Waals surface area contributed by atoms with Crippen LogP contribution in [-0.2, 0) is 19.4 Å². The van der Waals surface area contributed by atoms with Crippen molar-refractivity contribution in [2.24, 2.45) is 0 Å². The number of hydrogen-bond acceptors (Lipinski definition) is 1. The Morgan fingerprint density at radius 3 is 2.93 bits per heavy atom. The van der Waals surface area contributed by atoms with Gasteiger partial charge in [0.15, 0.2) is 0 Å². The fraction of sp³-hybridized carbons (Fsp3) is 0.538. The predicted molar refractivity (Wildman–Crippen MR) is 60.8 cm³/mol. The lowest BCUT2D eigenvalue weighted by Gasteiger charge is -2.28. The molecule has 1 aromatic rings. The minimum Gasteiger partial charge on any atom is -0.296 e. The van der Waals surface area contributed by atoms with Crippen LogP contribution in [0.2, 0.25) is 0 Å². The van der Waals surface area contributed by atoms with E-state index in [1.54, 1.807) is 0 Å². The number of benzene rings is 1. The van der Waals surface area contributed by atoms with E-state index in [1.807, 2.05) is 0 Å². The second-order valence-corrected chi connectivity index (χ2v) is 4.17. The SMILES string of the molecule is CCc1ccc2c(c1)CN(CCF)CC2. The second-order valence-electron chi connectivity index (χ2n) is 4.17. The minimum absolute atomic E-state index is 0.233. The molecular formula is C13H18FN. The van der Waals surface area contributed by atoms with Gasteiger partial charge < -0.3 is 0 Å². The largest absolute Gasteiger partial charge is 0.296 e. The molecule has 0 aromatic heterocycles. The van der Waals surface area contributed by atoms with Gasteiger partial charge in [0.1, 0.15) is 6.67 Å². The van der Waals surface area contributed by atoms with Crippen molar-refractivity contribution < 1.29 is 4.39 Å². The van der Waals surface area contributed by atoms with Crippen LogP contribution in [0.1, 0.15) is 23.6 Å². The van der Waals surface area contributed by atoms with Crippen LogP contribution in [0, 0.1) is 0 Å². The lowest BCUT2D eigenvalue weighted by molar-refractivity contribution is 0.231. The molecule has 0 unspecified atom stereocenters. The van der Waals surface area contributed by atoms with Crippen LogP contribution in [0.3, 0.4) is 0 Å². The zero-order valence-corrected chi connectivity index (χ0v) is 9.30. The molecule has 0 bridgehead atoms. The van der Waals surface area contributed by atoms with Crippen molar-refractivity contribution in [1.29, 1.82) is 0 Å². The summed E-state index contributed by atoms with van der Waals surface area (Å²) in [5.41, 5.74) is 4.23. The fourth-order valence-corrected chi connectivity index (χ4v) is 2.20. The first kappa shape index (κ1) is 10.6. The molecule has 1 aromatic carbocycles. The highest BCUT2D eigenvalue weighted by atomic mass is 19.1. The summed E-state index contributed by atoms with van der Waals surface area (Å²) in [6.07, 6.45) is 2.15. The fourth-order valence-electron chi connectivity index (χ4n) is 2.20. The Balaban J connectivity index is 2.16. The van der Waals surface area contributed by atoms with Gasteiger partial charge in [-0.1, -0.05) is 25.1 Å². The maximum absolute atomic E-state index is 12.3. The molecule has 0 aliphatic carbocycles. The molecule has 0 saturated heterocycles. The summed E-state index contributed by atoms with van der Waals surface area (Å²) >= 11 is 0. The maximum atomic E-state index is 12.3. The van der Waals surface area contributed by atoms with Crippen molar-refractivity contribution in [2.45, 2.75) is 26.3 Å². The van der Waals surface area contributed by atoms with Crippen LogP contribution >= 0.6 is 0 Å². The monoisotopic (exact) mass is 207 g/mol. The lowest BCUT2D eigenvalue weighted by atomic mass is 9.97. The maximum Gasteiger partial charge on any atom is 0.102 e. The highest BCUT2D eigenvalue weighted by Crippen LogP contribution is 2.20. The van der Waals surface area contributed by atoms with Crippen LogP contribution in [0.15, 0.2) is 18.2 Å². The Hall–Kier alpha value is -0.890. The van der Waals surface area contributed by atoms with Crippen molar-refractivity contribution in [3.63, 3.8) is 0 Å². The molecule has 0 atom stereocenters. The van der Waals surface area contributed by atoms with Crippen LogP contribution in [0.25, 0.3) is 0 Å². The molecule has 2 rings (SSSR count). The summed E-state index contributed by atoms with van der Waals surface area (Å²) in [5.74, 6) is 0. The Morgan fingerprint density at radius 1 is 1.33 bits per heavy atom. The van der Waals surface area contributed by atoms with Crippen LogP contribution in [-0.4, -0.2) is 24.7 Å².